The molecule has 0 bridgehead atoms. The number of amides is 1. The average molecular weight is 310 g/mol. The van der Waals surface area contributed by atoms with Crippen LogP contribution < -0.4 is 5.32 Å². The van der Waals surface area contributed by atoms with Crippen LogP contribution in [0.25, 0.3) is 20.3 Å². The van der Waals surface area contributed by atoms with Gasteiger partial charge < -0.3 is 5.32 Å². The Labute approximate surface area is 128 Å². The van der Waals surface area contributed by atoms with Crippen molar-refractivity contribution in [3.8, 4) is 0 Å². The van der Waals surface area contributed by atoms with E-state index in [2.05, 4.69) is 16.4 Å². The highest BCUT2D eigenvalue weighted by Crippen LogP contribution is 2.25. The highest BCUT2D eigenvalue weighted by atomic mass is 32.1. The van der Waals surface area contributed by atoms with Gasteiger partial charge in [-0.05, 0) is 53.2 Å². The molecule has 2 aromatic heterocycles. The molecule has 0 aliphatic rings. The van der Waals surface area contributed by atoms with Crippen molar-refractivity contribution < 1.29 is 4.79 Å². The summed E-state index contributed by atoms with van der Waals surface area (Å²) in [5, 5.41) is 6.15. The summed E-state index contributed by atoms with van der Waals surface area (Å²) in [6, 6.07) is 13.6. The molecule has 0 spiro atoms. The Bertz CT molecular complexity index is 955. The van der Waals surface area contributed by atoms with Gasteiger partial charge in [-0.1, -0.05) is 0 Å². The number of hydrogen-bond donors (Lipinski definition) is 1. The summed E-state index contributed by atoms with van der Waals surface area (Å²) in [6.07, 6.45) is 0. The van der Waals surface area contributed by atoms with Crippen molar-refractivity contribution in [3.63, 3.8) is 0 Å². The molecular weight excluding hydrogens is 300 g/mol. The molecule has 5 heteroatoms. The fraction of sp³-hybridized carbons (Fsp3) is 0. The third kappa shape index (κ3) is 2.30. The van der Waals surface area contributed by atoms with Crippen molar-refractivity contribution in [2.24, 2.45) is 0 Å². The van der Waals surface area contributed by atoms with Crippen LogP contribution in [0.3, 0.4) is 0 Å². The van der Waals surface area contributed by atoms with E-state index in [9.17, 15) is 4.79 Å². The molecule has 1 amide bonds. The lowest BCUT2D eigenvalue weighted by Gasteiger charge is -2.05. The summed E-state index contributed by atoms with van der Waals surface area (Å²) in [5.74, 6) is -0.0973. The lowest BCUT2D eigenvalue weighted by Crippen LogP contribution is -2.11. The molecule has 0 fully saturated rings. The first kappa shape index (κ1) is 12.5. The number of benzene rings is 2. The van der Waals surface area contributed by atoms with Gasteiger partial charge >= 0.3 is 0 Å². The van der Waals surface area contributed by atoms with Crippen LogP contribution >= 0.6 is 22.7 Å². The summed E-state index contributed by atoms with van der Waals surface area (Å²) in [6.45, 7) is 0. The molecule has 1 N–H and O–H groups in total. The molecule has 102 valence electrons. The van der Waals surface area contributed by atoms with E-state index in [1.165, 1.54) is 16.0 Å². The standard InChI is InChI=1S/C16H10N2OS2/c19-16(11-1-3-13-15(8-11)21-9-17-13)18-12-2-4-14-10(7-12)5-6-20-14/h1-9H,(H,18,19). The molecule has 4 rings (SSSR count). The zero-order chi connectivity index (χ0) is 14.2. The van der Waals surface area contributed by atoms with Gasteiger partial charge in [0, 0.05) is 16.0 Å². The lowest BCUT2D eigenvalue weighted by molar-refractivity contribution is 0.102. The third-order valence-electron chi connectivity index (χ3n) is 3.30. The molecular formula is C16H10N2OS2. The molecule has 21 heavy (non-hydrogen) atoms. The highest BCUT2D eigenvalue weighted by Gasteiger charge is 2.08. The zero-order valence-corrected chi connectivity index (χ0v) is 12.5. The largest absolute Gasteiger partial charge is 0.322 e. The molecule has 0 saturated carbocycles. The fourth-order valence-electron chi connectivity index (χ4n) is 2.24. The summed E-state index contributed by atoms with van der Waals surface area (Å²) >= 11 is 3.23. The van der Waals surface area contributed by atoms with Gasteiger partial charge in [0.1, 0.15) is 0 Å². The van der Waals surface area contributed by atoms with Crippen molar-refractivity contribution in [1.29, 1.82) is 0 Å². The quantitative estimate of drug-likeness (QED) is 0.580. The van der Waals surface area contributed by atoms with E-state index in [-0.39, 0.29) is 5.91 Å². The Morgan fingerprint density at radius 2 is 1.95 bits per heavy atom. The number of nitrogens with one attached hydrogen (secondary N) is 1. The number of thiophene rings is 1. The first-order valence-corrected chi connectivity index (χ1v) is 8.17. The van der Waals surface area contributed by atoms with Gasteiger partial charge in [-0.3, -0.25) is 4.79 Å². The number of aromatic nitrogens is 1. The second-order valence-corrected chi connectivity index (χ2v) is 6.50. The Balaban J connectivity index is 1.64. The number of thiazole rings is 1. The second-order valence-electron chi connectivity index (χ2n) is 4.66. The molecule has 4 aromatic rings. The van der Waals surface area contributed by atoms with Crippen molar-refractivity contribution in [1.82, 2.24) is 4.98 Å². The third-order valence-corrected chi connectivity index (χ3v) is 4.99. The van der Waals surface area contributed by atoms with Crippen molar-refractivity contribution in [3.05, 3.63) is 58.9 Å². The van der Waals surface area contributed by atoms with Crippen molar-refractivity contribution in [2.75, 3.05) is 5.32 Å². The Morgan fingerprint density at radius 3 is 2.90 bits per heavy atom. The van der Waals surface area contributed by atoms with Crippen LogP contribution in [0.5, 0.6) is 0 Å². The number of anilines is 1. The van der Waals surface area contributed by atoms with E-state index in [0.29, 0.717) is 5.56 Å². The highest BCUT2D eigenvalue weighted by molar-refractivity contribution is 7.17. The minimum Gasteiger partial charge on any atom is -0.322 e. The Morgan fingerprint density at radius 1 is 1.00 bits per heavy atom. The Kier molecular flexibility index (Phi) is 2.94. The summed E-state index contributed by atoms with van der Waals surface area (Å²) in [5.41, 5.74) is 4.18. The van der Waals surface area contributed by atoms with Gasteiger partial charge in [0.2, 0.25) is 0 Å². The van der Waals surface area contributed by atoms with Gasteiger partial charge in [-0.15, -0.1) is 22.7 Å². The van der Waals surface area contributed by atoms with Crippen LogP contribution in [0.2, 0.25) is 0 Å². The summed E-state index contributed by atoms with van der Waals surface area (Å²) in [4.78, 5) is 16.5. The maximum atomic E-state index is 12.3. The van der Waals surface area contributed by atoms with Crippen LogP contribution in [-0.4, -0.2) is 10.9 Å². The topological polar surface area (TPSA) is 42.0 Å². The van der Waals surface area contributed by atoms with Crippen LogP contribution in [0, 0.1) is 0 Å². The predicted octanol–water partition coefficient (Wildman–Crippen LogP) is 4.76. The minimum absolute atomic E-state index is 0.0973. The fourth-order valence-corrected chi connectivity index (χ4v) is 3.73. The smallest absolute Gasteiger partial charge is 0.255 e. The van der Waals surface area contributed by atoms with Crippen LogP contribution in [0.15, 0.2) is 53.4 Å². The van der Waals surface area contributed by atoms with Crippen LogP contribution in [0.4, 0.5) is 5.69 Å². The molecule has 2 aromatic carbocycles. The summed E-state index contributed by atoms with van der Waals surface area (Å²) in [7, 11) is 0. The monoisotopic (exact) mass is 310 g/mol. The molecule has 0 aliphatic carbocycles. The van der Waals surface area contributed by atoms with E-state index in [1.807, 2.05) is 35.7 Å². The number of hydrogen-bond acceptors (Lipinski definition) is 4. The molecule has 0 saturated heterocycles. The molecule has 0 aliphatic heterocycles. The number of nitrogens with zero attached hydrogens (tertiary/aromatic N) is 1. The van der Waals surface area contributed by atoms with Gasteiger partial charge in [0.15, 0.2) is 0 Å². The predicted molar refractivity (Wildman–Crippen MR) is 89.4 cm³/mol. The Hall–Kier alpha value is -2.24. The van der Waals surface area contributed by atoms with E-state index < -0.39 is 0 Å². The number of rotatable bonds is 2. The van der Waals surface area contributed by atoms with E-state index in [1.54, 1.807) is 22.9 Å². The van der Waals surface area contributed by atoms with E-state index in [4.69, 9.17) is 0 Å². The second kappa shape index (κ2) is 4.95. The first-order chi connectivity index (χ1) is 10.3. The van der Waals surface area contributed by atoms with E-state index >= 15 is 0 Å². The van der Waals surface area contributed by atoms with Crippen molar-refractivity contribution >= 4 is 54.6 Å². The maximum absolute atomic E-state index is 12.3. The van der Waals surface area contributed by atoms with Crippen LogP contribution in [-0.2, 0) is 0 Å². The number of carbonyl (C=O) groups is 1. The first-order valence-electron chi connectivity index (χ1n) is 6.41. The van der Waals surface area contributed by atoms with Gasteiger partial charge in [-0.2, -0.15) is 0 Å². The van der Waals surface area contributed by atoms with Gasteiger partial charge in [0.05, 0.1) is 15.7 Å². The SMILES string of the molecule is O=C(Nc1ccc2sccc2c1)c1ccc2ncsc2c1. The number of carbonyl (C=O) groups excluding carboxylic acids is 1. The van der Waals surface area contributed by atoms with Gasteiger partial charge in [0.25, 0.3) is 5.91 Å². The van der Waals surface area contributed by atoms with Crippen LogP contribution in [0.1, 0.15) is 10.4 Å². The van der Waals surface area contributed by atoms with Crippen molar-refractivity contribution in [2.45, 2.75) is 0 Å². The normalized spacial score (nSPS) is 11.0. The molecule has 0 atom stereocenters. The lowest BCUT2D eigenvalue weighted by atomic mass is 10.2. The molecule has 0 unspecified atom stereocenters. The molecule has 3 nitrogen and oxygen atoms in total. The molecule has 2 heterocycles. The summed E-state index contributed by atoms with van der Waals surface area (Å²) < 4.78 is 2.25. The van der Waals surface area contributed by atoms with E-state index in [0.717, 1.165) is 21.3 Å². The van der Waals surface area contributed by atoms with Gasteiger partial charge in [-0.25, -0.2) is 4.98 Å². The average Bonchev–Trinajstić information content (AvgIpc) is 3.14. The zero-order valence-electron chi connectivity index (χ0n) is 10.9. The molecule has 0 radical (unpaired) electrons. The number of fused-ring (bicyclic) bond motifs is 2. The maximum Gasteiger partial charge on any atom is 0.255 e. The minimum atomic E-state index is -0.0973.